The van der Waals surface area contributed by atoms with Gasteiger partial charge in [-0.3, -0.25) is 14.4 Å². The van der Waals surface area contributed by atoms with Gasteiger partial charge in [0, 0.05) is 12.7 Å². The average Bonchev–Trinajstić information content (AvgIpc) is 2.71. The molecule has 0 atom stereocenters. The van der Waals surface area contributed by atoms with Gasteiger partial charge in [0.1, 0.15) is 9.84 Å². The van der Waals surface area contributed by atoms with Crippen LogP contribution in [-0.4, -0.2) is 43.2 Å². The van der Waals surface area contributed by atoms with Crippen molar-refractivity contribution >= 4 is 22.0 Å². The Kier molecular flexibility index (Phi) is 6.64. The van der Waals surface area contributed by atoms with Crippen LogP contribution in [0.3, 0.4) is 0 Å². The molecule has 7 nitrogen and oxygen atoms in total. The molecule has 0 radical (unpaired) electrons. The lowest BCUT2D eigenvalue weighted by Crippen LogP contribution is -2.31. The van der Waals surface area contributed by atoms with Crippen LogP contribution in [0, 0.1) is 5.92 Å². The summed E-state index contributed by atoms with van der Waals surface area (Å²) in [7, 11) is -2.90. The van der Waals surface area contributed by atoms with E-state index in [1.165, 1.54) is 16.8 Å². The fourth-order valence-electron chi connectivity index (χ4n) is 3.48. The number of hydrogen-bond donors (Lipinski definition) is 1. The summed E-state index contributed by atoms with van der Waals surface area (Å²) >= 11 is 0. The summed E-state index contributed by atoms with van der Waals surface area (Å²) in [6.45, 7) is 0.677. The van der Waals surface area contributed by atoms with Crippen molar-refractivity contribution in [3.63, 3.8) is 0 Å². The van der Waals surface area contributed by atoms with Crippen molar-refractivity contribution in [3.05, 3.63) is 69.6 Å². The van der Waals surface area contributed by atoms with E-state index in [1.807, 2.05) is 30.3 Å². The van der Waals surface area contributed by atoms with E-state index < -0.39 is 15.4 Å². The number of carbonyl (C=O) groups excluding carboxylic acids is 2. The molecule has 154 valence electrons. The maximum atomic E-state index is 12.5. The van der Waals surface area contributed by atoms with Crippen molar-refractivity contribution in [2.24, 2.45) is 5.92 Å². The topological polar surface area (TPSA) is 102 Å². The van der Waals surface area contributed by atoms with Crippen molar-refractivity contribution < 1.29 is 18.0 Å². The number of pyridine rings is 1. The largest absolute Gasteiger partial charge is 0.352 e. The van der Waals surface area contributed by atoms with Crippen LogP contribution in [0.1, 0.15) is 45.5 Å². The quantitative estimate of drug-likeness (QED) is 0.692. The molecule has 2 heterocycles. The molecule has 2 aromatic rings. The highest BCUT2D eigenvalue weighted by atomic mass is 32.2. The highest BCUT2D eigenvalue weighted by molar-refractivity contribution is 7.91. The first kappa shape index (κ1) is 21.0. The highest BCUT2D eigenvalue weighted by Crippen LogP contribution is 2.21. The van der Waals surface area contributed by atoms with E-state index in [-0.39, 0.29) is 41.0 Å². The highest BCUT2D eigenvalue weighted by Gasteiger charge is 2.23. The average molecular weight is 416 g/mol. The minimum Gasteiger partial charge on any atom is -0.352 e. The number of rotatable bonds is 7. The maximum absolute atomic E-state index is 12.5. The summed E-state index contributed by atoms with van der Waals surface area (Å²) in [5.74, 6) is 0.326. The molecule has 1 fully saturated rings. The van der Waals surface area contributed by atoms with E-state index in [0.29, 0.717) is 32.1 Å². The van der Waals surface area contributed by atoms with Crippen molar-refractivity contribution in [2.45, 2.75) is 25.8 Å². The van der Waals surface area contributed by atoms with Crippen LogP contribution in [0.15, 0.2) is 47.4 Å². The predicted octanol–water partition coefficient (Wildman–Crippen LogP) is 1.65. The van der Waals surface area contributed by atoms with E-state index in [9.17, 15) is 22.8 Å². The number of hydrogen-bond acceptors (Lipinski definition) is 5. The zero-order valence-corrected chi connectivity index (χ0v) is 16.9. The fraction of sp³-hybridized carbons (Fsp3) is 0.381. The summed E-state index contributed by atoms with van der Waals surface area (Å²) in [6, 6.07) is 10.6. The van der Waals surface area contributed by atoms with Crippen LogP contribution in [0.2, 0.25) is 0 Å². The molecule has 1 aliphatic heterocycles. The van der Waals surface area contributed by atoms with Gasteiger partial charge in [0.2, 0.25) is 0 Å². The lowest BCUT2D eigenvalue weighted by Gasteiger charge is -2.21. The second kappa shape index (κ2) is 9.17. The number of sulfone groups is 1. The molecule has 0 aliphatic carbocycles. The third-order valence-corrected chi connectivity index (χ3v) is 6.93. The normalized spacial score (nSPS) is 16.3. The van der Waals surface area contributed by atoms with E-state index in [4.69, 9.17) is 0 Å². The van der Waals surface area contributed by atoms with Crippen molar-refractivity contribution in [1.29, 1.82) is 0 Å². The Morgan fingerprint density at radius 2 is 1.86 bits per heavy atom. The molecule has 0 bridgehead atoms. The Hall–Kier alpha value is -2.74. The summed E-state index contributed by atoms with van der Waals surface area (Å²) in [6.07, 6.45) is 3.87. The van der Waals surface area contributed by atoms with Crippen LogP contribution in [0.5, 0.6) is 0 Å². The Bertz CT molecular complexity index is 1030. The smallest absolute Gasteiger partial charge is 0.261 e. The van der Waals surface area contributed by atoms with E-state index >= 15 is 0 Å². The Balaban J connectivity index is 1.66. The Morgan fingerprint density at radius 3 is 2.52 bits per heavy atom. The SMILES string of the molecule is O=Cc1cc(C(=O)NCCC2CCS(=O)(=O)CC2)cn(Cc2ccccc2)c1=O. The Labute approximate surface area is 169 Å². The summed E-state index contributed by atoms with van der Waals surface area (Å²) < 4.78 is 24.3. The molecule has 1 amide bonds. The van der Waals surface area contributed by atoms with Crippen LogP contribution in [0.4, 0.5) is 0 Å². The third-order valence-electron chi connectivity index (χ3n) is 5.21. The number of aromatic nitrogens is 1. The predicted molar refractivity (Wildman–Crippen MR) is 110 cm³/mol. The summed E-state index contributed by atoms with van der Waals surface area (Å²) in [5.41, 5.74) is 0.625. The molecule has 8 heteroatoms. The van der Waals surface area contributed by atoms with Gasteiger partial charge in [-0.15, -0.1) is 0 Å². The van der Waals surface area contributed by atoms with Gasteiger partial charge in [-0.05, 0) is 36.8 Å². The zero-order chi connectivity index (χ0) is 20.9. The van der Waals surface area contributed by atoms with Gasteiger partial charge in [0.05, 0.1) is 29.2 Å². The molecule has 0 spiro atoms. The van der Waals surface area contributed by atoms with Gasteiger partial charge in [-0.2, -0.15) is 0 Å². The van der Waals surface area contributed by atoms with Gasteiger partial charge in [0.25, 0.3) is 11.5 Å². The lowest BCUT2D eigenvalue weighted by atomic mass is 9.99. The minimum absolute atomic E-state index is 0.0638. The van der Waals surface area contributed by atoms with Crippen LogP contribution < -0.4 is 10.9 Å². The monoisotopic (exact) mass is 416 g/mol. The molecule has 0 unspecified atom stereocenters. The molecular formula is C21H24N2O5S. The molecule has 1 N–H and O–H groups in total. The second-order valence-electron chi connectivity index (χ2n) is 7.36. The number of benzene rings is 1. The van der Waals surface area contributed by atoms with Gasteiger partial charge >= 0.3 is 0 Å². The van der Waals surface area contributed by atoms with Gasteiger partial charge < -0.3 is 9.88 Å². The van der Waals surface area contributed by atoms with Crippen molar-refractivity contribution in [3.8, 4) is 0 Å². The van der Waals surface area contributed by atoms with Crippen LogP contribution >= 0.6 is 0 Å². The Morgan fingerprint density at radius 1 is 1.17 bits per heavy atom. The zero-order valence-electron chi connectivity index (χ0n) is 16.0. The summed E-state index contributed by atoms with van der Waals surface area (Å²) in [5, 5.41) is 2.81. The molecule has 1 aliphatic rings. The molecule has 1 aromatic carbocycles. The van der Waals surface area contributed by atoms with Gasteiger partial charge in [0.15, 0.2) is 6.29 Å². The third kappa shape index (κ3) is 5.63. The molecular weight excluding hydrogens is 392 g/mol. The fourth-order valence-corrected chi connectivity index (χ4v) is 5.07. The number of nitrogens with one attached hydrogen (secondary N) is 1. The van der Waals surface area contributed by atoms with Gasteiger partial charge in [-0.1, -0.05) is 30.3 Å². The van der Waals surface area contributed by atoms with Crippen molar-refractivity contribution in [2.75, 3.05) is 18.1 Å². The first-order chi connectivity index (χ1) is 13.9. The molecule has 3 rings (SSSR count). The molecule has 0 saturated carbocycles. The molecule has 1 aromatic heterocycles. The maximum Gasteiger partial charge on any atom is 0.261 e. The first-order valence-electron chi connectivity index (χ1n) is 9.60. The van der Waals surface area contributed by atoms with Crippen molar-refractivity contribution in [1.82, 2.24) is 9.88 Å². The van der Waals surface area contributed by atoms with Gasteiger partial charge in [-0.25, -0.2) is 8.42 Å². The van der Waals surface area contributed by atoms with Crippen LogP contribution in [-0.2, 0) is 16.4 Å². The minimum atomic E-state index is -2.90. The van der Waals surface area contributed by atoms with E-state index in [1.54, 1.807) is 0 Å². The van der Waals surface area contributed by atoms with Crippen LogP contribution in [0.25, 0.3) is 0 Å². The first-order valence-corrected chi connectivity index (χ1v) is 11.4. The van der Waals surface area contributed by atoms with E-state index in [0.717, 1.165) is 5.56 Å². The van der Waals surface area contributed by atoms with E-state index in [2.05, 4.69) is 5.32 Å². The number of amides is 1. The molecule has 29 heavy (non-hydrogen) atoms. The second-order valence-corrected chi connectivity index (χ2v) is 9.66. The lowest BCUT2D eigenvalue weighted by molar-refractivity contribution is 0.0950. The number of nitrogens with zero attached hydrogens (tertiary/aromatic N) is 1. The summed E-state index contributed by atoms with van der Waals surface area (Å²) in [4.78, 5) is 36.2. The molecule has 1 saturated heterocycles. The number of carbonyl (C=O) groups is 2. The standard InChI is InChI=1S/C21H24N2O5S/c24-15-19-12-18(14-23(21(19)26)13-17-4-2-1-3-5-17)20(25)22-9-6-16-7-10-29(27,28)11-8-16/h1-5,12,14-16H,6-11,13H2,(H,22,25). The number of aldehydes is 1.